The number of urea groups is 1. The van der Waals surface area contributed by atoms with E-state index in [2.05, 4.69) is 28.2 Å². The van der Waals surface area contributed by atoms with Crippen molar-refractivity contribution in [2.24, 2.45) is 5.73 Å². The molecule has 4 aliphatic rings. The van der Waals surface area contributed by atoms with Crippen LogP contribution in [0.1, 0.15) is 55.2 Å². The fraction of sp³-hybridized carbons (Fsp3) is 0.621. The van der Waals surface area contributed by atoms with Crippen LogP contribution in [0.3, 0.4) is 0 Å². The van der Waals surface area contributed by atoms with Crippen molar-refractivity contribution in [3.63, 3.8) is 0 Å². The standard InChI is InChI=1S/C29H43N7O3/c1-33-14-16-34(17-15-33)27(31)19-26(30)22-7-6-21-8-11-36(20-23(21)18-22)29(38)39-25-9-12-35(13-10-25)28(37)32-24-4-2-3-5-24/h6-7,18-19,24-25,31H,2-5,8-17,20,30H2,1H3,(H,32,37)/b26-19-,31-27?. The summed E-state index contributed by atoms with van der Waals surface area (Å²) in [6.07, 6.45) is 7.91. The average Bonchev–Trinajstić information content (AvgIpc) is 3.46. The van der Waals surface area contributed by atoms with Crippen molar-refractivity contribution in [3.8, 4) is 0 Å². The molecule has 0 spiro atoms. The first-order chi connectivity index (χ1) is 18.9. The van der Waals surface area contributed by atoms with Crippen molar-refractivity contribution in [3.05, 3.63) is 41.0 Å². The first kappa shape index (κ1) is 27.3. The second kappa shape index (κ2) is 12.3. The molecule has 212 valence electrons. The minimum Gasteiger partial charge on any atom is -0.446 e. The Labute approximate surface area is 231 Å². The molecule has 1 aromatic rings. The minimum atomic E-state index is -0.291. The van der Waals surface area contributed by atoms with Gasteiger partial charge in [-0.25, -0.2) is 9.59 Å². The van der Waals surface area contributed by atoms with Crippen molar-refractivity contribution in [2.75, 3.05) is 52.9 Å². The third-order valence-corrected chi connectivity index (χ3v) is 8.63. The van der Waals surface area contributed by atoms with E-state index in [1.807, 2.05) is 17.0 Å². The number of hydrogen-bond acceptors (Lipinski definition) is 6. The summed E-state index contributed by atoms with van der Waals surface area (Å²) >= 11 is 0. The third-order valence-electron chi connectivity index (χ3n) is 8.63. The first-order valence-corrected chi connectivity index (χ1v) is 14.5. The van der Waals surface area contributed by atoms with Gasteiger partial charge in [0.1, 0.15) is 11.9 Å². The average molecular weight is 538 g/mol. The molecule has 0 aromatic heterocycles. The Bertz CT molecular complexity index is 1080. The van der Waals surface area contributed by atoms with Crippen molar-refractivity contribution in [2.45, 2.75) is 63.6 Å². The molecule has 10 heteroatoms. The molecule has 1 aromatic carbocycles. The maximum Gasteiger partial charge on any atom is 0.410 e. The number of hydrogen-bond donors (Lipinski definition) is 3. The number of fused-ring (bicyclic) bond motifs is 1. The number of likely N-dealkylation sites (tertiary alicyclic amines) is 1. The lowest BCUT2D eigenvalue weighted by Crippen LogP contribution is -2.49. The summed E-state index contributed by atoms with van der Waals surface area (Å²) in [4.78, 5) is 33.5. The van der Waals surface area contributed by atoms with Gasteiger partial charge in [0.25, 0.3) is 0 Å². The number of rotatable bonds is 4. The number of amidine groups is 1. The van der Waals surface area contributed by atoms with E-state index in [1.165, 1.54) is 18.4 Å². The molecule has 0 bridgehead atoms. The van der Waals surface area contributed by atoms with Gasteiger partial charge in [-0.2, -0.15) is 0 Å². The fourth-order valence-corrected chi connectivity index (χ4v) is 5.99. The molecule has 1 saturated carbocycles. The van der Waals surface area contributed by atoms with E-state index in [0.717, 1.165) is 56.6 Å². The number of carbonyl (C=O) groups excluding carboxylic acids is 2. The number of likely N-dealkylation sites (N-methyl/N-ethyl adjacent to an activating group) is 1. The molecular formula is C29H43N7O3. The normalized spacial score (nSPS) is 21.6. The number of nitrogens with one attached hydrogen (secondary N) is 2. The van der Waals surface area contributed by atoms with Gasteiger partial charge in [0.2, 0.25) is 0 Å². The van der Waals surface area contributed by atoms with Crippen LogP contribution in [0.2, 0.25) is 0 Å². The molecule has 0 unspecified atom stereocenters. The summed E-state index contributed by atoms with van der Waals surface area (Å²) in [5.74, 6) is 0.436. The van der Waals surface area contributed by atoms with Crippen molar-refractivity contribution < 1.29 is 14.3 Å². The van der Waals surface area contributed by atoms with Gasteiger partial charge in [0.15, 0.2) is 0 Å². The summed E-state index contributed by atoms with van der Waals surface area (Å²) < 4.78 is 5.87. The van der Waals surface area contributed by atoms with Crippen LogP contribution >= 0.6 is 0 Å². The maximum absolute atomic E-state index is 13.0. The van der Waals surface area contributed by atoms with Gasteiger partial charge in [0, 0.05) is 83.0 Å². The highest BCUT2D eigenvalue weighted by molar-refractivity contribution is 5.96. The van der Waals surface area contributed by atoms with E-state index in [4.69, 9.17) is 15.9 Å². The Balaban J connectivity index is 1.12. The van der Waals surface area contributed by atoms with Gasteiger partial charge in [-0.05, 0) is 49.1 Å². The van der Waals surface area contributed by atoms with Gasteiger partial charge >= 0.3 is 12.1 Å². The lowest BCUT2D eigenvalue weighted by atomic mass is 9.96. The second-order valence-corrected chi connectivity index (χ2v) is 11.4. The second-order valence-electron chi connectivity index (χ2n) is 11.4. The number of benzene rings is 1. The molecule has 3 amide bonds. The molecule has 0 atom stereocenters. The molecule has 39 heavy (non-hydrogen) atoms. The molecule has 10 nitrogen and oxygen atoms in total. The molecule has 5 rings (SSSR count). The molecule has 4 N–H and O–H groups in total. The number of nitrogens with two attached hydrogens (primary N) is 1. The number of amides is 3. The smallest absolute Gasteiger partial charge is 0.410 e. The van der Waals surface area contributed by atoms with Crippen LogP contribution in [0, 0.1) is 5.41 Å². The molecule has 0 radical (unpaired) electrons. The van der Waals surface area contributed by atoms with E-state index >= 15 is 0 Å². The first-order valence-electron chi connectivity index (χ1n) is 14.5. The van der Waals surface area contributed by atoms with Crippen LogP contribution in [0.4, 0.5) is 9.59 Å². The summed E-state index contributed by atoms with van der Waals surface area (Å²) in [6.45, 7) is 5.85. The Morgan fingerprint density at radius 2 is 1.67 bits per heavy atom. The molecular weight excluding hydrogens is 494 g/mol. The summed E-state index contributed by atoms with van der Waals surface area (Å²) in [5.41, 5.74) is 10.1. The molecule has 3 heterocycles. The SMILES string of the molecule is CN1CCN(C(=N)/C=C(\N)c2ccc3c(c2)CN(C(=O)OC2CCN(C(=O)NC4CCCC4)CC2)CC3)CC1. The fourth-order valence-electron chi connectivity index (χ4n) is 5.99. The van der Waals surface area contributed by atoms with E-state index < -0.39 is 0 Å². The minimum absolute atomic E-state index is 0.0158. The van der Waals surface area contributed by atoms with Crippen LogP contribution < -0.4 is 11.1 Å². The summed E-state index contributed by atoms with van der Waals surface area (Å²) in [7, 11) is 2.10. The highest BCUT2D eigenvalue weighted by Crippen LogP contribution is 2.25. The zero-order valence-electron chi connectivity index (χ0n) is 23.2. The summed E-state index contributed by atoms with van der Waals surface area (Å²) in [5, 5.41) is 11.6. The highest BCUT2D eigenvalue weighted by Gasteiger charge is 2.29. The van der Waals surface area contributed by atoms with Gasteiger partial charge < -0.3 is 35.4 Å². The molecule has 1 aliphatic carbocycles. The quantitative estimate of drug-likeness (QED) is 0.402. The van der Waals surface area contributed by atoms with Crippen molar-refractivity contribution in [1.82, 2.24) is 24.9 Å². The third kappa shape index (κ3) is 6.84. The topological polar surface area (TPSA) is 118 Å². The number of piperidine rings is 1. The molecule has 2 saturated heterocycles. The zero-order chi connectivity index (χ0) is 27.4. The molecule has 3 fully saturated rings. The van der Waals surface area contributed by atoms with E-state index in [1.54, 1.807) is 11.0 Å². The molecule has 3 aliphatic heterocycles. The number of ether oxygens (including phenoxy) is 1. The number of piperazine rings is 1. The van der Waals surface area contributed by atoms with E-state index in [0.29, 0.717) is 56.6 Å². The van der Waals surface area contributed by atoms with Gasteiger partial charge in [0.05, 0.1) is 0 Å². The predicted molar refractivity (Wildman–Crippen MR) is 151 cm³/mol. The van der Waals surface area contributed by atoms with Crippen molar-refractivity contribution in [1.29, 1.82) is 5.41 Å². The lowest BCUT2D eigenvalue weighted by Gasteiger charge is -2.34. The largest absolute Gasteiger partial charge is 0.446 e. The van der Waals surface area contributed by atoms with E-state index in [-0.39, 0.29) is 18.2 Å². The van der Waals surface area contributed by atoms with Crippen LogP contribution in [0.5, 0.6) is 0 Å². The maximum atomic E-state index is 13.0. The van der Waals surface area contributed by atoms with Crippen LogP contribution in [-0.2, 0) is 17.7 Å². The zero-order valence-corrected chi connectivity index (χ0v) is 23.2. The summed E-state index contributed by atoms with van der Waals surface area (Å²) in [6, 6.07) is 6.46. The Hall–Kier alpha value is -3.27. The number of nitrogens with zero attached hydrogens (tertiary/aromatic N) is 4. The number of carbonyl (C=O) groups is 2. The lowest BCUT2D eigenvalue weighted by molar-refractivity contribution is 0.0321. The van der Waals surface area contributed by atoms with Crippen LogP contribution in [-0.4, -0.2) is 103 Å². The van der Waals surface area contributed by atoms with E-state index in [9.17, 15) is 9.59 Å². The monoisotopic (exact) mass is 537 g/mol. The Kier molecular flexibility index (Phi) is 8.60. The predicted octanol–water partition coefficient (Wildman–Crippen LogP) is 2.82. The Morgan fingerprint density at radius 1 is 0.949 bits per heavy atom. The van der Waals surface area contributed by atoms with Gasteiger partial charge in [-0.3, -0.25) is 5.41 Å². The highest BCUT2D eigenvalue weighted by atomic mass is 16.6. The van der Waals surface area contributed by atoms with Gasteiger partial charge in [-0.1, -0.05) is 25.0 Å². The van der Waals surface area contributed by atoms with Crippen molar-refractivity contribution >= 4 is 23.7 Å². The van der Waals surface area contributed by atoms with Crippen LogP contribution in [0.15, 0.2) is 24.3 Å². The van der Waals surface area contributed by atoms with Crippen LogP contribution in [0.25, 0.3) is 5.70 Å². The van der Waals surface area contributed by atoms with Gasteiger partial charge in [-0.15, -0.1) is 0 Å². The Morgan fingerprint density at radius 3 is 2.38 bits per heavy atom.